The van der Waals surface area contributed by atoms with Gasteiger partial charge >= 0.3 is 6.09 Å². The number of nitrogens with zero attached hydrogens (tertiary/aromatic N) is 4. The van der Waals surface area contributed by atoms with E-state index in [1.54, 1.807) is 21.9 Å². The molecule has 3 rings (SSSR count). The van der Waals surface area contributed by atoms with Crippen molar-refractivity contribution in [3.8, 4) is 11.5 Å². The van der Waals surface area contributed by atoms with Crippen molar-refractivity contribution < 1.29 is 18.8 Å². The molecule has 1 saturated heterocycles. The Balaban J connectivity index is 1.60. The summed E-state index contributed by atoms with van der Waals surface area (Å²) in [5.74, 6) is 1.01. The normalized spacial score (nSPS) is 15.3. The first-order chi connectivity index (χ1) is 13.9. The van der Waals surface area contributed by atoms with E-state index in [0.29, 0.717) is 43.5 Å². The summed E-state index contributed by atoms with van der Waals surface area (Å²) >= 11 is 0. The lowest BCUT2D eigenvalue weighted by molar-refractivity contribution is 0.0141. The topological polar surface area (TPSA) is 88.8 Å². The number of hydrogen-bond donors (Lipinski definition) is 0. The van der Waals surface area contributed by atoms with E-state index in [4.69, 9.17) is 9.26 Å². The number of carbonyl (C=O) groups excluding carboxylic acids is 2. The second-order valence-electron chi connectivity index (χ2n) is 9.51. The third-order valence-corrected chi connectivity index (χ3v) is 4.69. The molecule has 1 aromatic heterocycles. The number of carbonyl (C=O) groups is 2. The molecular formula is C22H30N4O4. The SMILES string of the molecule is CC(C)(C)OC(=O)N1CCN(C(=O)c2ccc(-c3nc(C(C)(C)C)no3)cc2)CC1. The smallest absolute Gasteiger partial charge is 0.410 e. The summed E-state index contributed by atoms with van der Waals surface area (Å²) in [5.41, 5.74) is 0.626. The zero-order valence-electron chi connectivity index (χ0n) is 18.6. The average Bonchev–Trinajstić information content (AvgIpc) is 3.17. The number of benzene rings is 1. The molecular weight excluding hydrogens is 384 g/mol. The number of hydrogen-bond acceptors (Lipinski definition) is 6. The fraction of sp³-hybridized carbons (Fsp3) is 0.545. The van der Waals surface area contributed by atoms with E-state index >= 15 is 0 Å². The van der Waals surface area contributed by atoms with Crippen LogP contribution in [0, 0.1) is 0 Å². The fourth-order valence-corrected chi connectivity index (χ4v) is 3.00. The summed E-state index contributed by atoms with van der Waals surface area (Å²) in [7, 11) is 0. The van der Waals surface area contributed by atoms with E-state index in [0.717, 1.165) is 5.56 Å². The summed E-state index contributed by atoms with van der Waals surface area (Å²) in [6, 6.07) is 7.14. The first kappa shape index (κ1) is 21.8. The van der Waals surface area contributed by atoms with Gasteiger partial charge in [-0.25, -0.2) is 4.79 Å². The standard InChI is InChI=1S/C22H30N4O4/c1-21(2,3)19-23-17(30-24-19)15-7-9-16(10-8-15)18(27)25-11-13-26(14-12-25)20(28)29-22(4,5)6/h7-10H,11-14H2,1-6H3. The molecule has 0 N–H and O–H groups in total. The van der Waals surface area contributed by atoms with Crippen molar-refractivity contribution in [2.45, 2.75) is 52.6 Å². The number of amides is 2. The van der Waals surface area contributed by atoms with Crippen LogP contribution in [0.15, 0.2) is 28.8 Å². The highest BCUT2D eigenvalue weighted by Crippen LogP contribution is 2.24. The maximum absolute atomic E-state index is 12.8. The van der Waals surface area contributed by atoms with Crippen molar-refractivity contribution in [1.82, 2.24) is 19.9 Å². The van der Waals surface area contributed by atoms with E-state index in [-0.39, 0.29) is 17.4 Å². The van der Waals surface area contributed by atoms with Gasteiger partial charge in [0.1, 0.15) is 5.60 Å². The van der Waals surface area contributed by atoms with Crippen LogP contribution in [0.5, 0.6) is 0 Å². The van der Waals surface area contributed by atoms with E-state index in [1.807, 2.05) is 53.7 Å². The quantitative estimate of drug-likeness (QED) is 0.744. The van der Waals surface area contributed by atoms with E-state index in [1.165, 1.54) is 0 Å². The second kappa shape index (κ2) is 8.08. The summed E-state index contributed by atoms with van der Waals surface area (Å²) < 4.78 is 10.8. The lowest BCUT2D eigenvalue weighted by Gasteiger charge is -2.35. The van der Waals surface area contributed by atoms with Gasteiger partial charge in [-0.05, 0) is 45.0 Å². The predicted molar refractivity (Wildman–Crippen MR) is 112 cm³/mol. The Morgan fingerprint density at radius 2 is 1.50 bits per heavy atom. The predicted octanol–water partition coefficient (Wildman–Crippen LogP) is 3.73. The molecule has 8 nitrogen and oxygen atoms in total. The van der Waals surface area contributed by atoms with Gasteiger partial charge in [-0.15, -0.1) is 0 Å². The number of piperazine rings is 1. The second-order valence-corrected chi connectivity index (χ2v) is 9.51. The number of aromatic nitrogens is 2. The molecule has 0 atom stereocenters. The minimum Gasteiger partial charge on any atom is -0.444 e. The molecule has 0 aliphatic carbocycles. The van der Waals surface area contributed by atoms with Crippen LogP contribution >= 0.6 is 0 Å². The van der Waals surface area contributed by atoms with Crippen molar-refractivity contribution in [3.63, 3.8) is 0 Å². The van der Waals surface area contributed by atoms with Crippen LogP contribution in [0.3, 0.4) is 0 Å². The molecule has 2 heterocycles. The zero-order chi connectivity index (χ0) is 22.1. The number of rotatable bonds is 2. The zero-order valence-corrected chi connectivity index (χ0v) is 18.6. The van der Waals surface area contributed by atoms with Gasteiger partial charge in [-0.3, -0.25) is 4.79 Å². The molecule has 0 radical (unpaired) electrons. The van der Waals surface area contributed by atoms with Gasteiger partial charge in [0.15, 0.2) is 5.82 Å². The van der Waals surface area contributed by atoms with E-state index in [2.05, 4.69) is 10.1 Å². The minimum absolute atomic E-state index is 0.0636. The van der Waals surface area contributed by atoms with Crippen molar-refractivity contribution in [2.24, 2.45) is 0 Å². The molecule has 1 aromatic carbocycles. The molecule has 0 spiro atoms. The Bertz CT molecular complexity index is 898. The van der Waals surface area contributed by atoms with Crippen molar-refractivity contribution in [2.75, 3.05) is 26.2 Å². The molecule has 1 fully saturated rings. The third-order valence-electron chi connectivity index (χ3n) is 4.69. The van der Waals surface area contributed by atoms with Gasteiger partial charge in [0.25, 0.3) is 11.8 Å². The maximum Gasteiger partial charge on any atom is 0.410 e. The summed E-state index contributed by atoms with van der Waals surface area (Å²) in [5, 5.41) is 4.03. The summed E-state index contributed by atoms with van der Waals surface area (Å²) in [6.45, 7) is 13.4. The van der Waals surface area contributed by atoms with Crippen LogP contribution in [0.1, 0.15) is 57.7 Å². The molecule has 1 aliphatic heterocycles. The van der Waals surface area contributed by atoms with Gasteiger partial charge in [0, 0.05) is 42.7 Å². The highest BCUT2D eigenvalue weighted by atomic mass is 16.6. The molecule has 0 unspecified atom stereocenters. The van der Waals surface area contributed by atoms with Crippen LogP contribution in [-0.4, -0.2) is 63.7 Å². The van der Waals surface area contributed by atoms with Gasteiger partial charge in [-0.1, -0.05) is 25.9 Å². The third kappa shape index (κ3) is 5.17. The fourth-order valence-electron chi connectivity index (χ4n) is 3.00. The number of ether oxygens (including phenoxy) is 1. The molecule has 0 saturated carbocycles. The van der Waals surface area contributed by atoms with Gasteiger partial charge < -0.3 is 19.1 Å². The highest BCUT2D eigenvalue weighted by Gasteiger charge is 2.28. The lowest BCUT2D eigenvalue weighted by atomic mass is 9.96. The maximum atomic E-state index is 12.8. The largest absolute Gasteiger partial charge is 0.444 e. The van der Waals surface area contributed by atoms with Crippen LogP contribution in [0.2, 0.25) is 0 Å². The Hall–Kier alpha value is -2.90. The monoisotopic (exact) mass is 414 g/mol. The lowest BCUT2D eigenvalue weighted by Crippen LogP contribution is -2.51. The Morgan fingerprint density at radius 1 is 0.933 bits per heavy atom. The molecule has 8 heteroatoms. The van der Waals surface area contributed by atoms with Crippen molar-refractivity contribution in [3.05, 3.63) is 35.7 Å². The van der Waals surface area contributed by atoms with Crippen molar-refractivity contribution in [1.29, 1.82) is 0 Å². The molecule has 30 heavy (non-hydrogen) atoms. The average molecular weight is 415 g/mol. The molecule has 162 valence electrons. The van der Waals surface area contributed by atoms with Gasteiger partial charge in [0.05, 0.1) is 0 Å². The Kier molecular flexibility index (Phi) is 5.87. The van der Waals surface area contributed by atoms with Crippen molar-refractivity contribution >= 4 is 12.0 Å². The van der Waals surface area contributed by atoms with E-state index in [9.17, 15) is 9.59 Å². The first-order valence-electron chi connectivity index (χ1n) is 10.2. The highest BCUT2D eigenvalue weighted by molar-refractivity contribution is 5.94. The van der Waals surface area contributed by atoms with Crippen LogP contribution in [0.25, 0.3) is 11.5 Å². The van der Waals surface area contributed by atoms with E-state index < -0.39 is 5.60 Å². The summed E-state index contributed by atoms with van der Waals surface area (Å²) in [6.07, 6.45) is -0.340. The molecule has 2 amide bonds. The molecule has 0 bridgehead atoms. The van der Waals surface area contributed by atoms with Crippen LogP contribution < -0.4 is 0 Å². The molecule has 2 aromatic rings. The Morgan fingerprint density at radius 3 is 2.00 bits per heavy atom. The first-order valence-corrected chi connectivity index (χ1v) is 10.2. The Labute approximate surface area is 177 Å². The summed E-state index contributed by atoms with van der Waals surface area (Å²) in [4.78, 5) is 32.8. The van der Waals surface area contributed by atoms with Crippen LogP contribution in [-0.2, 0) is 10.2 Å². The molecule has 1 aliphatic rings. The van der Waals surface area contributed by atoms with Crippen LogP contribution in [0.4, 0.5) is 4.79 Å². The van der Waals surface area contributed by atoms with Gasteiger partial charge in [0.2, 0.25) is 0 Å². The minimum atomic E-state index is -0.530. The van der Waals surface area contributed by atoms with Gasteiger partial charge in [-0.2, -0.15) is 4.98 Å².